The number of pyridine rings is 3. The van der Waals surface area contributed by atoms with Gasteiger partial charge in [-0.15, -0.1) is 0 Å². The zero-order valence-corrected chi connectivity index (χ0v) is 20.7. The maximum atomic E-state index is 16.2. The second-order valence-electron chi connectivity index (χ2n) is 9.69. The van der Waals surface area contributed by atoms with Crippen LogP contribution in [-0.2, 0) is 11.3 Å². The van der Waals surface area contributed by atoms with E-state index >= 15 is 4.39 Å². The van der Waals surface area contributed by atoms with Gasteiger partial charge in [-0.05, 0) is 31.0 Å². The minimum absolute atomic E-state index is 0.00936. The number of hydrazone groups is 1. The first-order chi connectivity index (χ1) is 19.2. The third kappa shape index (κ3) is 4.12. The summed E-state index contributed by atoms with van der Waals surface area (Å²) in [5.74, 6) is -0.125. The number of H-pyrrole nitrogens is 1. The van der Waals surface area contributed by atoms with Crippen molar-refractivity contribution in [3.05, 3.63) is 78.4 Å². The zero-order valence-electron chi connectivity index (χ0n) is 20.7. The van der Waals surface area contributed by atoms with Crippen molar-refractivity contribution >= 4 is 28.3 Å². The molecule has 1 aliphatic heterocycles. The predicted octanol–water partition coefficient (Wildman–Crippen LogP) is 4.80. The standard InChI is InChI=1S/C28H23FN8O2/c29-23-19(17-9-18(11-30-10-17)34-28(38)15-3-1-2-4-15)12-32-21-13-33-37-26(22(21)23)27-35-20-5-7-31-24(25(20)36-27)16-6-8-39-14-16/h5-12,14-15,33H,1-4,13H2,(H,34,38)(H,35,36). The van der Waals surface area contributed by atoms with Gasteiger partial charge in [0.25, 0.3) is 0 Å². The van der Waals surface area contributed by atoms with Crippen LogP contribution in [0.3, 0.4) is 0 Å². The summed E-state index contributed by atoms with van der Waals surface area (Å²) in [4.78, 5) is 33.8. The quantitative estimate of drug-likeness (QED) is 0.302. The number of furan rings is 1. The molecular weight excluding hydrogens is 499 g/mol. The van der Waals surface area contributed by atoms with E-state index in [1.165, 1.54) is 6.20 Å². The van der Waals surface area contributed by atoms with Crippen molar-refractivity contribution in [3.8, 4) is 22.4 Å². The van der Waals surface area contributed by atoms with Crippen LogP contribution in [0.5, 0.6) is 0 Å². The lowest BCUT2D eigenvalue weighted by Gasteiger charge is -2.18. The molecule has 1 amide bonds. The monoisotopic (exact) mass is 522 g/mol. The second-order valence-corrected chi connectivity index (χ2v) is 9.69. The number of amides is 1. The van der Waals surface area contributed by atoms with E-state index in [0.717, 1.165) is 36.8 Å². The lowest BCUT2D eigenvalue weighted by atomic mass is 9.99. The highest BCUT2D eigenvalue weighted by atomic mass is 19.1. The smallest absolute Gasteiger partial charge is 0.227 e. The predicted molar refractivity (Wildman–Crippen MR) is 142 cm³/mol. The van der Waals surface area contributed by atoms with Crippen LogP contribution >= 0.6 is 0 Å². The first kappa shape index (κ1) is 23.2. The van der Waals surface area contributed by atoms with Gasteiger partial charge in [0, 0.05) is 41.2 Å². The fourth-order valence-corrected chi connectivity index (χ4v) is 5.27. The Hall–Kier alpha value is -4.93. The van der Waals surface area contributed by atoms with Crippen molar-refractivity contribution in [2.24, 2.45) is 11.0 Å². The molecule has 11 heteroatoms. The van der Waals surface area contributed by atoms with Gasteiger partial charge in [-0.25, -0.2) is 9.37 Å². The molecule has 0 spiro atoms. The van der Waals surface area contributed by atoms with Gasteiger partial charge in [0.2, 0.25) is 5.91 Å². The molecule has 2 aliphatic rings. The number of nitrogens with zero attached hydrogens (tertiary/aromatic N) is 5. The Balaban J connectivity index is 1.26. The second kappa shape index (κ2) is 9.43. The highest BCUT2D eigenvalue weighted by Crippen LogP contribution is 2.32. The van der Waals surface area contributed by atoms with E-state index in [1.54, 1.807) is 49.3 Å². The number of aromatic amines is 1. The van der Waals surface area contributed by atoms with Crippen molar-refractivity contribution in [3.63, 3.8) is 0 Å². The number of aromatic nitrogens is 5. The van der Waals surface area contributed by atoms with Crippen molar-refractivity contribution in [2.45, 2.75) is 32.2 Å². The minimum atomic E-state index is -0.491. The van der Waals surface area contributed by atoms with Gasteiger partial charge < -0.3 is 20.1 Å². The lowest BCUT2D eigenvalue weighted by Crippen LogP contribution is -2.25. The molecule has 5 aromatic rings. The van der Waals surface area contributed by atoms with E-state index in [2.05, 4.69) is 35.8 Å². The van der Waals surface area contributed by atoms with E-state index in [9.17, 15) is 4.79 Å². The molecule has 0 atom stereocenters. The number of rotatable bonds is 5. The number of nitrogens with one attached hydrogen (secondary N) is 3. The summed E-state index contributed by atoms with van der Waals surface area (Å²) in [6.45, 7) is 0.272. The highest BCUT2D eigenvalue weighted by Gasteiger charge is 2.28. The molecule has 194 valence electrons. The summed E-state index contributed by atoms with van der Waals surface area (Å²) in [6, 6.07) is 5.32. The number of fused-ring (bicyclic) bond motifs is 2. The van der Waals surface area contributed by atoms with Gasteiger partial charge in [-0.2, -0.15) is 5.10 Å². The number of halogens is 1. The van der Waals surface area contributed by atoms with Crippen molar-refractivity contribution in [1.82, 2.24) is 30.3 Å². The summed E-state index contributed by atoms with van der Waals surface area (Å²) >= 11 is 0. The summed E-state index contributed by atoms with van der Waals surface area (Å²) in [5, 5.41) is 7.34. The van der Waals surface area contributed by atoms with Crippen molar-refractivity contribution < 1.29 is 13.6 Å². The summed E-state index contributed by atoms with van der Waals surface area (Å²) < 4.78 is 21.5. The van der Waals surface area contributed by atoms with E-state index in [-0.39, 0.29) is 29.5 Å². The minimum Gasteiger partial charge on any atom is -0.472 e. The molecule has 1 aliphatic carbocycles. The fraction of sp³-hybridized carbons (Fsp3) is 0.214. The Morgan fingerprint density at radius 1 is 1.10 bits per heavy atom. The molecule has 5 aromatic heterocycles. The SMILES string of the molecule is O=C(Nc1cncc(-c2cnc3c(c2F)C(c2nc4c(-c5ccoc5)nccc4[nH]2)=NNC3)c1)C1CCCC1. The Morgan fingerprint density at radius 3 is 2.85 bits per heavy atom. The number of carbonyl (C=O) groups excluding carboxylic acids is 1. The van der Waals surface area contributed by atoms with Gasteiger partial charge in [0.15, 0.2) is 5.82 Å². The first-order valence-corrected chi connectivity index (χ1v) is 12.8. The normalized spacial score (nSPS) is 15.2. The Bertz CT molecular complexity index is 1740. The van der Waals surface area contributed by atoms with Gasteiger partial charge in [0.05, 0.1) is 47.7 Å². The molecule has 1 saturated carbocycles. The van der Waals surface area contributed by atoms with Gasteiger partial charge in [-0.3, -0.25) is 19.7 Å². The van der Waals surface area contributed by atoms with Crippen LogP contribution in [0.1, 0.15) is 42.8 Å². The van der Waals surface area contributed by atoms with Crippen LogP contribution in [0.4, 0.5) is 10.1 Å². The number of hydrogen-bond acceptors (Lipinski definition) is 8. The summed E-state index contributed by atoms with van der Waals surface area (Å²) in [6.07, 6.45) is 13.4. The largest absolute Gasteiger partial charge is 0.472 e. The van der Waals surface area contributed by atoms with Crippen molar-refractivity contribution in [2.75, 3.05) is 5.32 Å². The molecule has 7 rings (SSSR count). The molecule has 3 N–H and O–H groups in total. The molecular formula is C28H23FN8O2. The van der Waals surface area contributed by atoms with Gasteiger partial charge in [-0.1, -0.05) is 12.8 Å². The first-order valence-electron chi connectivity index (χ1n) is 12.8. The molecule has 0 radical (unpaired) electrons. The topological polar surface area (TPSA) is 134 Å². The molecule has 39 heavy (non-hydrogen) atoms. The third-order valence-corrected chi connectivity index (χ3v) is 7.23. The maximum absolute atomic E-state index is 16.2. The third-order valence-electron chi connectivity index (χ3n) is 7.23. The van der Waals surface area contributed by atoms with Gasteiger partial charge >= 0.3 is 0 Å². The Kier molecular flexibility index (Phi) is 5.61. The highest BCUT2D eigenvalue weighted by molar-refractivity contribution is 6.14. The Morgan fingerprint density at radius 2 is 2.00 bits per heavy atom. The molecule has 1 fully saturated rings. The number of hydrogen-bond donors (Lipinski definition) is 3. The average molecular weight is 523 g/mol. The van der Waals surface area contributed by atoms with Gasteiger partial charge in [0.1, 0.15) is 22.7 Å². The molecule has 6 heterocycles. The molecule has 0 saturated heterocycles. The average Bonchev–Trinajstić information content (AvgIpc) is 3.75. The van der Waals surface area contributed by atoms with Crippen LogP contribution in [0, 0.1) is 11.7 Å². The van der Waals surface area contributed by atoms with E-state index in [0.29, 0.717) is 39.7 Å². The lowest BCUT2D eigenvalue weighted by molar-refractivity contribution is -0.119. The van der Waals surface area contributed by atoms with Crippen LogP contribution in [0.25, 0.3) is 33.4 Å². The molecule has 10 nitrogen and oxygen atoms in total. The number of carbonyl (C=O) groups is 1. The number of imidazole rings is 1. The summed E-state index contributed by atoms with van der Waals surface area (Å²) in [7, 11) is 0. The maximum Gasteiger partial charge on any atom is 0.227 e. The van der Waals surface area contributed by atoms with E-state index in [1.807, 2.05) is 0 Å². The zero-order chi connectivity index (χ0) is 26.3. The molecule has 0 aromatic carbocycles. The molecule has 0 unspecified atom stereocenters. The Labute approximate surface area is 221 Å². The van der Waals surface area contributed by atoms with E-state index in [4.69, 9.17) is 9.40 Å². The fourth-order valence-electron chi connectivity index (χ4n) is 5.27. The van der Waals surface area contributed by atoms with Crippen molar-refractivity contribution in [1.29, 1.82) is 0 Å². The molecule has 0 bridgehead atoms. The van der Waals surface area contributed by atoms with Crippen LogP contribution < -0.4 is 10.7 Å². The summed E-state index contributed by atoms with van der Waals surface area (Å²) in [5.41, 5.74) is 8.03. The van der Waals surface area contributed by atoms with Crippen LogP contribution in [0.2, 0.25) is 0 Å². The van der Waals surface area contributed by atoms with Crippen LogP contribution in [-0.4, -0.2) is 36.5 Å². The number of anilines is 1. The van der Waals surface area contributed by atoms with Crippen LogP contribution in [0.15, 0.2) is 65.0 Å². The van der Waals surface area contributed by atoms with E-state index < -0.39 is 5.82 Å².